The number of halogens is 1. The van der Waals surface area contributed by atoms with Crippen LogP contribution in [-0.4, -0.2) is 28.8 Å². The molecule has 3 atom stereocenters. The van der Waals surface area contributed by atoms with Gasteiger partial charge in [-0.25, -0.2) is 0 Å². The topological polar surface area (TPSA) is 29.5 Å². The Hall–Kier alpha value is 0.450. The lowest BCUT2D eigenvalue weighted by molar-refractivity contribution is -0.101. The van der Waals surface area contributed by atoms with Crippen LogP contribution < -0.4 is 0 Å². The first-order valence-corrected chi connectivity index (χ1v) is 9.16. The van der Waals surface area contributed by atoms with Crippen molar-refractivity contribution in [1.82, 2.24) is 0 Å². The van der Waals surface area contributed by atoms with Gasteiger partial charge < -0.3 is 9.84 Å². The van der Waals surface area contributed by atoms with E-state index in [2.05, 4.69) is 15.9 Å². The summed E-state index contributed by atoms with van der Waals surface area (Å²) < 4.78 is 7.06. The van der Waals surface area contributed by atoms with E-state index < -0.39 is 0 Å². The number of thiophene rings is 1. The molecule has 2 fully saturated rings. The van der Waals surface area contributed by atoms with Gasteiger partial charge in [0.2, 0.25) is 0 Å². The molecule has 1 aromatic rings. The van der Waals surface area contributed by atoms with Crippen LogP contribution in [0.2, 0.25) is 0 Å². The maximum absolute atomic E-state index is 10.6. The average molecular weight is 349 g/mol. The van der Waals surface area contributed by atoms with Gasteiger partial charge in [0.25, 0.3) is 0 Å². The molecule has 3 heterocycles. The van der Waals surface area contributed by atoms with E-state index in [0.29, 0.717) is 5.92 Å². The summed E-state index contributed by atoms with van der Waals surface area (Å²) in [6.07, 6.45) is 2.78. The normalized spacial score (nSPS) is 34.0. The molecule has 1 spiro atoms. The van der Waals surface area contributed by atoms with E-state index in [1.54, 1.807) is 11.3 Å². The number of hydrogen-bond acceptors (Lipinski definition) is 4. The standard InChI is InChI=1S/C13H17BrO2S2/c14-10-2-5-18-12(10)11(15)9-1-4-16-13(7-9)3-6-17-8-13/h2,5,9,11,15H,1,3-4,6-8H2. The maximum atomic E-state index is 10.6. The predicted octanol–water partition coefficient (Wildman–Crippen LogP) is 3.85. The zero-order chi connectivity index (χ0) is 12.6. The molecule has 5 heteroatoms. The summed E-state index contributed by atoms with van der Waals surface area (Å²) in [6, 6.07) is 2.02. The molecule has 18 heavy (non-hydrogen) atoms. The highest BCUT2D eigenvalue weighted by atomic mass is 79.9. The van der Waals surface area contributed by atoms with E-state index in [1.807, 2.05) is 23.2 Å². The van der Waals surface area contributed by atoms with Crippen LogP contribution in [0.1, 0.15) is 30.2 Å². The summed E-state index contributed by atoms with van der Waals surface area (Å²) in [6.45, 7) is 0.797. The largest absolute Gasteiger partial charge is 0.387 e. The van der Waals surface area contributed by atoms with Gasteiger partial charge in [-0.3, -0.25) is 0 Å². The number of aliphatic hydroxyl groups is 1. The number of thioether (sulfide) groups is 1. The van der Waals surface area contributed by atoms with Crippen molar-refractivity contribution in [2.45, 2.75) is 31.0 Å². The Bertz CT molecular complexity index is 415. The Kier molecular flexibility index (Phi) is 4.06. The summed E-state index contributed by atoms with van der Waals surface area (Å²) in [5.74, 6) is 2.64. The maximum Gasteiger partial charge on any atom is 0.0923 e. The van der Waals surface area contributed by atoms with Crippen LogP contribution in [0.3, 0.4) is 0 Å². The van der Waals surface area contributed by atoms with Gasteiger partial charge in [-0.05, 0) is 58.3 Å². The molecule has 0 aliphatic carbocycles. The van der Waals surface area contributed by atoms with Crippen molar-refractivity contribution in [3.05, 3.63) is 20.8 Å². The third-order valence-corrected chi connectivity index (χ3v) is 7.12. The number of hydrogen-bond donors (Lipinski definition) is 1. The average Bonchev–Trinajstić information content (AvgIpc) is 2.98. The number of aliphatic hydroxyl groups excluding tert-OH is 1. The minimum Gasteiger partial charge on any atom is -0.387 e. The fraction of sp³-hybridized carbons (Fsp3) is 0.692. The Morgan fingerprint density at radius 1 is 1.56 bits per heavy atom. The molecule has 0 radical (unpaired) electrons. The van der Waals surface area contributed by atoms with Crippen molar-refractivity contribution in [3.63, 3.8) is 0 Å². The molecular weight excluding hydrogens is 332 g/mol. The Morgan fingerprint density at radius 3 is 3.11 bits per heavy atom. The lowest BCUT2D eigenvalue weighted by Crippen LogP contribution is -2.41. The van der Waals surface area contributed by atoms with Crippen LogP contribution in [0.5, 0.6) is 0 Å². The molecule has 0 saturated carbocycles. The van der Waals surface area contributed by atoms with Crippen LogP contribution in [0, 0.1) is 5.92 Å². The van der Waals surface area contributed by atoms with Crippen LogP contribution in [-0.2, 0) is 4.74 Å². The molecule has 2 aliphatic heterocycles. The molecule has 2 nitrogen and oxygen atoms in total. The zero-order valence-electron chi connectivity index (χ0n) is 10.1. The van der Waals surface area contributed by atoms with Gasteiger partial charge >= 0.3 is 0 Å². The van der Waals surface area contributed by atoms with Gasteiger partial charge in [0.15, 0.2) is 0 Å². The van der Waals surface area contributed by atoms with Crippen molar-refractivity contribution in [2.24, 2.45) is 5.92 Å². The van der Waals surface area contributed by atoms with Crippen molar-refractivity contribution in [3.8, 4) is 0 Å². The highest BCUT2D eigenvalue weighted by Gasteiger charge is 2.42. The number of ether oxygens (including phenoxy) is 1. The molecule has 1 aromatic heterocycles. The van der Waals surface area contributed by atoms with E-state index in [-0.39, 0.29) is 11.7 Å². The van der Waals surface area contributed by atoms with Crippen LogP contribution in [0.4, 0.5) is 0 Å². The first-order valence-electron chi connectivity index (χ1n) is 6.33. The van der Waals surface area contributed by atoms with E-state index in [1.165, 1.54) is 5.75 Å². The highest BCUT2D eigenvalue weighted by Crippen LogP contribution is 2.45. The smallest absolute Gasteiger partial charge is 0.0923 e. The molecule has 3 unspecified atom stereocenters. The third-order valence-electron chi connectivity index (χ3n) is 3.96. The van der Waals surface area contributed by atoms with Crippen LogP contribution >= 0.6 is 39.0 Å². The van der Waals surface area contributed by atoms with E-state index in [0.717, 1.165) is 41.0 Å². The lowest BCUT2D eigenvalue weighted by atomic mass is 9.82. The highest BCUT2D eigenvalue weighted by molar-refractivity contribution is 9.10. The van der Waals surface area contributed by atoms with E-state index >= 15 is 0 Å². The minimum absolute atomic E-state index is 0.0539. The summed E-state index contributed by atoms with van der Waals surface area (Å²) >= 11 is 7.14. The van der Waals surface area contributed by atoms with Crippen LogP contribution in [0.15, 0.2) is 15.9 Å². The van der Waals surface area contributed by atoms with Gasteiger partial charge in [-0.15, -0.1) is 11.3 Å². The molecule has 2 saturated heterocycles. The zero-order valence-corrected chi connectivity index (χ0v) is 13.3. The third kappa shape index (κ3) is 2.52. The van der Waals surface area contributed by atoms with E-state index in [4.69, 9.17) is 4.74 Å². The number of rotatable bonds is 2. The van der Waals surface area contributed by atoms with Crippen molar-refractivity contribution in [1.29, 1.82) is 0 Å². The van der Waals surface area contributed by atoms with Gasteiger partial charge in [-0.1, -0.05) is 0 Å². The molecule has 0 aromatic carbocycles. The first kappa shape index (κ1) is 13.4. The van der Waals surface area contributed by atoms with Crippen molar-refractivity contribution in [2.75, 3.05) is 18.1 Å². The van der Waals surface area contributed by atoms with Gasteiger partial charge in [0.05, 0.1) is 11.7 Å². The van der Waals surface area contributed by atoms with Crippen molar-refractivity contribution >= 4 is 39.0 Å². The van der Waals surface area contributed by atoms with Gasteiger partial charge in [0, 0.05) is 21.7 Å². The summed E-state index contributed by atoms with van der Waals surface area (Å²) in [5.41, 5.74) is 0.0539. The summed E-state index contributed by atoms with van der Waals surface area (Å²) in [5, 5.41) is 12.6. The quantitative estimate of drug-likeness (QED) is 0.880. The Morgan fingerprint density at radius 2 is 2.44 bits per heavy atom. The molecular formula is C13H17BrO2S2. The second-order valence-corrected chi connectivity index (χ2v) is 8.07. The van der Waals surface area contributed by atoms with Crippen LogP contribution in [0.25, 0.3) is 0 Å². The van der Waals surface area contributed by atoms with Gasteiger partial charge in [-0.2, -0.15) is 11.8 Å². The molecule has 100 valence electrons. The Balaban J connectivity index is 1.74. The second-order valence-electron chi connectivity index (χ2n) is 5.16. The monoisotopic (exact) mass is 348 g/mol. The van der Waals surface area contributed by atoms with E-state index in [9.17, 15) is 5.11 Å². The van der Waals surface area contributed by atoms with Crippen molar-refractivity contribution < 1.29 is 9.84 Å². The minimum atomic E-state index is -0.342. The fourth-order valence-corrected chi connectivity index (χ4v) is 5.99. The molecule has 0 amide bonds. The molecule has 2 aliphatic rings. The SMILES string of the molecule is OC(c1sccc1Br)C1CCOC2(CCSC2)C1. The van der Waals surface area contributed by atoms with Gasteiger partial charge in [0.1, 0.15) is 0 Å². The lowest BCUT2D eigenvalue weighted by Gasteiger charge is -2.39. The predicted molar refractivity (Wildman–Crippen MR) is 80.3 cm³/mol. The molecule has 0 bridgehead atoms. The first-order chi connectivity index (χ1) is 8.70. The molecule has 1 N–H and O–H groups in total. The summed E-state index contributed by atoms with van der Waals surface area (Å²) in [7, 11) is 0. The fourth-order valence-electron chi connectivity index (χ4n) is 2.93. The summed E-state index contributed by atoms with van der Waals surface area (Å²) in [4.78, 5) is 1.07. The molecule has 3 rings (SSSR count). The Labute approximate surface area is 124 Å². The second kappa shape index (κ2) is 5.44.